The summed E-state index contributed by atoms with van der Waals surface area (Å²) in [7, 11) is -0.456. The molecule has 0 aliphatic carbocycles. The summed E-state index contributed by atoms with van der Waals surface area (Å²) in [6.07, 6.45) is 1.55. The van der Waals surface area contributed by atoms with E-state index in [2.05, 4.69) is 0 Å². The predicted molar refractivity (Wildman–Crippen MR) is 137 cm³/mol. The molecular weight excluding hydrogens is 445 g/mol. The van der Waals surface area contributed by atoms with E-state index in [9.17, 15) is 9.59 Å². The lowest BCUT2D eigenvalue weighted by atomic mass is 9.79. The Labute approximate surface area is 210 Å². The molecular formula is C26H40BN3O5. The van der Waals surface area contributed by atoms with Gasteiger partial charge in [0.15, 0.2) is 0 Å². The molecule has 0 saturated carbocycles. The van der Waals surface area contributed by atoms with E-state index >= 15 is 0 Å². The monoisotopic (exact) mass is 485 g/mol. The van der Waals surface area contributed by atoms with Gasteiger partial charge < -0.3 is 23.8 Å². The van der Waals surface area contributed by atoms with Crippen molar-refractivity contribution in [3.8, 4) is 0 Å². The summed E-state index contributed by atoms with van der Waals surface area (Å²) in [6.45, 7) is 17.3. The van der Waals surface area contributed by atoms with Crippen molar-refractivity contribution in [3.05, 3.63) is 24.3 Å². The van der Waals surface area contributed by atoms with Crippen LogP contribution in [-0.2, 0) is 14.0 Å². The van der Waals surface area contributed by atoms with Gasteiger partial charge in [-0.25, -0.2) is 9.59 Å². The van der Waals surface area contributed by atoms with Gasteiger partial charge in [0.05, 0.1) is 11.2 Å². The fourth-order valence-corrected chi connectivity index (χ4v) is 4.61. The van der Waals surface area contributed by atoms with Gasteiger partial charge in [0.1, 0.15) is 5.60 Å². The van der Waals surface area contributed by atoms with Crippen LogP contribution < -0.4 is 10.4 Å². The first-order valence-corrected chi connectivity index (χ1v) is 12.8. The highest BCUT2D eigenvalue weighted by Gasteiger charge is 2.51. The van der Waals surface area contributed by atoms with E-state index in [1.54, 1.807) is 4.90 Å². The second kappa shape index (κ2) is 9.32. The minimum Gasteiger partial charge on any atom is -0.444 e. The Morgan fingerprint density at radius 1 is 1.11 bits per heavy atom. The molecule has 0 atom stereocenters. The number of benzene rings is 1. The number of carbonyl (C=O) groups is 2. The van der Waals surface area contributed by atoms with E-state index < -0.39 is 23.9 Å². The van der Waals surface area contributed by atoms with E-state index in [0.717, 1.165) is 30.5 Å². The second-order valence-corrected chi connectivity index (χ2v) is 12.0. The largest absolute Gasteiger partial charge is 0.494 e. The van der Waals surface area contributed by atoms with Gasteiger partial charge in [0.2, 0.25) is 0 Å². The van der Waals surface area contributed by atoms with Crippen LogP contribution in [0, 0.1) is 5.92 Å². The lowest BCUT2D eigenvalue weighted by Gasteiger charge is -2.41. The van der Waals surface area contributed by atoms with Crippen molar-refractivity contribution in [2.75, 3.05) is 37.6 Å². The predicted octanol–water partition coefficient (Wildman–Crippen LogP) is 3.87. The molecule has 0 spiro atoms. The van der Waals surface area contributed by atoms with Gasteiger partial charge in [-0.15, -0.1) is 0 Å². The SMILES string of the molecule is CC(C)(C)OC(=O)N1CC(CCN2CCCN(c3cccc(B4OC(C)(C)C(C)(C)O4)c3)C2=O)C1. The lowest BCUT2D eigenvalue weighted by Crippen LogP contribution is -2.54. The maximum atomic E-state index is 13.3. The van der Waals surface area contributed by atoms with Crippen LogP contribution in [-0.4, -0.2) is 78.6 Å². The van der Waals surface area contributed by atoms with Gasteiger partial charge in [-0.2, -0.15) is 0 Å². The molecule has 3 fully saturated rings. The number of urea groups is 1. The summed E-state index contributed by atoms with van der Waals surface area (Å²) in [5.41, 5.74) is 0.485. The maximum absolute atomic E-state index is 13.3. The first-order chi connectivity index (χ1) is 16.3. The molecule has 3 heterocycles. The van der Waals surface area contributed by atoms with Crippen molar-refractivity contribution in [3.63, 3.8) is 0 Å². The van der Waals surface area contributed by atoms with Gasteiger partial charge >= 0.3 is 19.2 Å². The quantitative estimate of drug-likeness (QED) is 0.593. The van der Waals surface area contributed by atoms with Crippen molar-refractivity contribution in [2.45, 2.75) is 78.1 Å². The molecule has 1 aromatic carbocycles. The summed E-state index contributed by atoms with van der Waals surface area (Å²) >= 11 is 0. The van der Waals surface area contributed by atoms with Crippen LogP contribution in [0.4, 0.5) is 15.3 Å². The fraction of sp³-hybridized carbons (Fsp3) is 0.692. The number of nitrogens with zero attached hydrogens (tertiary/aromatic N) is 3. The molecule has 192 valence electrons. The average molecular weight is 485 g/mol. The Morgan fingerprint density at radius 2 is 1.77 bits per heavy atom. The van der Waals surface area contributed by atoms with Crippen LogP contribution in [0.15, 0.2) is 24.3 Å². The molecule has 8 nitrogen and oxygen atoms in total. The van der Waals surface area contributed by atoms with Crippen LogP contribution in [0.25, 0.3) is 0 Å². The minimum atomic E-state index is -0.481. The van der Waals surface area contributed by atoms with Crippen molar-refractivity contribution in [1.82, 2.24) is 9.80 Å². The third-order valence-corrected chi connectivity index (χ3v) is 7.43. The Balaban J connectivity index is 1.32. The highest BCUT2D eigenvalue weighted by molar-refractivity contribution is 6.62. The summed E-state index contributed by atoms with van der Waals surface area (Å²) in [5, 5.41) is 0. The van der Waals surface area contributed by atoms with Gasteiger partial charge in [-0.1, -0.05) is 12.1 Å². The number of ether oxygens (including phenoxy) is 1. The normalized spacial score (nSPS) is 22.4. The van der Waals surface area contributed by atoms with Crippen molar-refractivity contribution >= 4 is 30.4 Å². The van der Waals surface area contributed by atoms with Crippen molar-refractivity contribution < 1.29 is 23.6 Å². The van der Waals surface area contributed by atoms with Gasteiger partial charge in [0, 0.05) is 38.4 Å². The maximum Gasteiger partial charge on any atom is 0.494 e. The molecule has 4 rings (SSSR count). The Hall–Kier alpha value is -2.26. The molecule has 9 heteroatoms. The number of rotatable bonds is 5. The number of likely N-dealkylation sites (tertiary alicyclic amines) is 1. The molecule has 0 aromatic heterocycles. The molecule has 1 aromatic rings. The topological polar surface area (TPSA) is 71.6 Å². The van der Waals surface area contributed by atoms with Crippen molar-refractivity contribution in [1.29, 1.82) is 0 Å². The molecule has 0 bridgehead atoms. The standard InChI is InChI=1S/C26H40BN3O5/c1-24(2,3)33-23(32)29-17-19(18-29)12-15-28-13-9-14-30(22(28)31)21-11-8-10-20(16-21)27-34-25(4,5)26(6,7)35-27/h8,10-11,16,19H,9,12-15,17-18H2,1-7H3. The van der Waals surface area contributed by atoms with Crippen LogP contribution in [0.1, 0.15) is 61.3 Å². The van der Waals surface area contributed by atoms with Crippen LogP contribution in [0.2, 0.25) is 0 Å². The first kappa shape index (κ1) is 25.8. The van der Waals surface area contributed by atoms with E-state index in [1.165, 1.54) is 0 Å². The molecule has 0 unspecified atom stereocenters. The zero-order valence-electron chi connectivity index (χ0n) is 22.3. The summed E-state index contributed by atoms with van der Waals surface area (Å²) < 4.78 is 17.8. The molecule has 3 aliphatic rings. The highest BCUT2D eigenvalue weighted by atomic mass is 16.7. The summed E-state index contributed by atoms with van der Waals surface area (Å²) in [4.78, 5) is 31.0. The number of amides is 3. The van der Waals surface area contributed by atoms with Crippen LogP contribution >= 0.6 is 0 Å². The third-order valence-electron chi connectivity index (χ3n) is 7.43. The van der Waals surface area contributed by atoms with Gasteiger partial charge in [-0.3, -0.25) is 4.90 Å². The van der Waals surface area contributed by atoms with E-state index in [-0.39, 0.29) is 12.1 Å². The molecule has 35 heavy (non-hydrogen) atoms. The molecule has 0 radical (unpaired) electrons. The highest BCUT2D eigenvalue weighted by Crippen LogP contribution is 2.36. The summed E-state index contributed by atoms with van der Waals surface area (Å²) in [6, 6.07) is 7.96. The van der Waals surface area contributed by atoms with E-state index in [0.29, 0.717) is 32.1 Å². The fourth-order valence-electron chi connectivity index (χ4n) is 4.61. The zero-order valence-corrected chi connectivity index (χ0v) is 22.3. The first-order valence-electron chi connectivity index (χ1n) is 12.8. The Kier molecular flexibility index (Phi) is 6.88. The number of hydrogen-bond acceptors (Lipinski definition) is 5. The molecule has 3 saturated heterocycles. The van der Waals surface area contributed by atoms with Crippen molar-refractivity contribution in [2.24, 2.45) is 5.92 Å². The van der Waals surface area contributed by atoms with Crippen LogP contribution in [0.3, 0.4) is 0 Å². The lowest BCUT2D eigenvalue weighted by molar-refractivity contribution is -0.00305. The molecule has 0 N–H and O–H groups in total. The number of hydrogen-bond donors (Lipinski definition) is 0. The minimum absolute atomic E-state index is 0.0330. The summed E-state index contributed by atoms with van der Waals surface area (Å²) in [5.74, 6) is 0.400. The third kappa shape index (κ3) is 5.61. The smallest absolute Gasteiger partial charge is 0.444 e. The van der Waals surface area contributed by atoms with Crippen LogP contribution in [0.5, 0.6) is 0 Å². The Morgan fingerprint density at radius 3 is 2.40 bits per heavy atom. The van der Waals surface area contributed by atoms with E-state index in [1.807, 2.05) is 82.5 Å². The average Bonchev–Trinajstić information content (AvgIpc) is 2.94. The Bertz CT molecular complexity index is 939. The zero-order chi connectivity index (χ0) is 25.6. The number of anilines is 1. The van der Waals surface area contributed by atoms with E-state index in [4.69, 9.17) is 14.0 Å². The molecule has 3 aliphatic heterocycles. The number of carbonyl (C=O) groups excluding carboxylic acids is 2. The van der Waals surface area contributed by atoms with Gasteiger partial charge in [0.25, 0.3) is 0 Å². The molecule has 3 amide bonds. The second-order valence-electron chi connectivity index (χ2n) is 12.0. The van der Waals surface area contributed by atoms with Gasteiger partial charge in [-0.05, 0) is 84.8 Å².